The lowest BCUT2D eigenvalue weighted by Crippen LogP contribution is -2.38. The molecule has 0 radical (unpaired) electrons. The summed E-state index contributed by atoms with van der Waals surface area (Å²) in [6.45, 7) is 8.27. The number of unbranched alkanes of at least 4 members (excludes halogenated alkanes) is 21. The van der Waals surface area contributed by atoms with Crippen molar-refractivity contribution in [2.24, 2.45) is 0 Å². The maximum absolute atomic E-state index is 2.58. The van der Waals surface area contributed by atoms with E-state index in [2.05, 4.69) is 109 Å². The predicted molar refractivity (Wildman–Crippen MR) is 210 cm³/mol. The highest BCUT2D eigenvalue weighted by atomic mass is 15.1. The summed E-state index contributed by atoms with van der Waals surface area (Å²) in [4.78, 5) is 0. The van der Waals surface area contributed by atoms with Crippen molar-refractivity contribution in [2.75, 3.05) is 0 Å². The van der Waals surface area contributed by atoms with Crippen molar-refractivity contribution >= 4 is 0 Å². The largest absolute Gasteiger partial charge is 0.244 e. The molecule has 268 valence electrons. The summed E-state index contributed by atoms with van der Waals surface area (Å²) >= 11 is 0. The fraction of sp³-hybridized carbons (Fsp3) is 0.674. The van der Waals surface area contributed by atoms with Crippen LogP contribution in [0.1, 0.15) is 192 Å². The minimum absolute atomic E-state index is 0.00860. The van der Waals surface area contributed by atoms with Gasteiger partial charge in [0.25, 0.3) is 0 Å². The van der Waals surface area contributed by atoms with E-state index in [1.54, 1.807) is 0 Å². The Kier molecular flexibility index (Phi) is 21.4. The van der Waals surface area contributed by atoms with E-state index in [1.165, 1.54) is 165 Å². The topological polar surface area (TPSA) is 8.81 Å². The minimum Gasteiger partial charge on any atom is -0.237 e. The van der Waals surface area contributed by atoms with E-state index in [4.69, 9.17) is 0 Å². The molecule has 2 heteroatoms. The molecule has 48 heavy (non-hydrogen) atoms. The monoisotopic (exact) mass is 656 g/mol. The van der Waals surface area contributed by atoms with Gasteiger partial charge in [0.2, 0.25) is 6.33 Å². The lowest BCUT2D eigenvalue weighted by atomic mass is 9.70. The quantitative estimate of drug-likeness (QED) is 0.0499. The molecule has 1 heterocycles. The van der Waals surface area contributed by atoms with Crippen LogP contribution >= 0.6 is 0 Å². The van der Waals surface area contributed by atoms with Gasteiger partial charge in [-0.2, -0.15) is 0 Å². The minimum atomic E-state index is 0.00860. The van der Waals surface area contributed by atoms with Crippen molar-refractivity contribution in [2.45, 2.75) is 199 Å². The molecule has 0 aliphatic rings. The van der Waals surface area contributed by atoms with E-state index in [1.807, 2.05) is 0 Å². The van der Waals surface area contributed by atoms with Crippen molar-refractivity contribution in [3.05, 3.63) is 90.5 Å². The van der Waals surface area contributed by atoms with Crippen molar-refractivity contribution in [3.63, 3.8) is 0 Å². The Morgan fingerprint density at radius 1 is 0.542 bits per heavy atom. The second-order valence-corrected chi connectivity index (χ2v) is 15.3. The predicted octanol–water partition coefficient (Wildman–Crippen LogP) is 13.9. The summed E-state index contributed by atoms with van der Waals surface area (Å²) < 4.78 is 5.04. The van der Waals surface area contributed by atoms with E-state index in [9.17, 15) is 0 Å². The van der Waals surface area contributed by atoms with Crippen LogP contribution in [0.4, 0.5) is 0 Å². The summed E-state index contributed by atoms with van der Waals surface area (Å²) in [5.41, 5.74) is 2.90. The second kappa shape index (κ2) is 25.6. The van der Waals surface area contributed by atoms with Crippen LogP contribution in [0.5, 0.6) is 0 Å². The van der Waals surface area contributed by atoms with Crippen molar-refractivity contribution in [3.8, 4) is 0 Å². The molecule has 0 spiro atoms. The van der Waals surface area contributed by atoms with Gasteiger partial charge in [0.15, 0.2) is 0 Å². The summed E-state index contributed by atoms with van der Waals surface area (Å²) in [7, 11) is 0. The number of aromatic nitrogens is 2. The first kappa shape index (κ1) is 40.1. The normalized spacial score (nSPS) is 13.5. The van der Waals surface area contributed by atoms with Crippen LogP contribution in [0, 0.1) is 0 Å². The van der Waals surface area contributed by atoms with Crippen LogP contribution in [0.3, 0.4) is 0 Å². The molecule has 0 saturated carbocycles. The average Bonchev–Trinajstić information content (AvgIpc) is 3.58. The lowest BCUT2D eigenvalue weighted by molar-refractivity contribution is -0.697. The van der Waals surface area contributed by atoms with Gasteiger partial charge in [-0.05, 0) is 43.2 Å². The van der Waals surface area contributed by atoms with Crippen molar-refractivity contribution in [1.82, 2.24) is 4.57 Å². The van der Waals surface area contributed by atoms with Gasteiger partial charge in [-0.3, -0.25) is 0 Å². The third kappa shape index (κ3) is 15.9. The van der Waals surface area contributed by atoms with Gasteiger partial charge in [-0.15, -0.1) is 0 Å². The number of nitrogens with zero attached hydrogens (tertiary/aromatic N) is 2. The molecule has 3 rings (SSSR count). The molecule has 0 aliphatic carbocycles. The summed E-state index contributed by atoms with van der Waals surface area (Å²) in [5, 5.41) is 0. The van der Waals surface area contributed by atoms with E-state index in [-0.39, 0.29) is 5.41 Å². The molecule has 0 saturated heterocycles. The van der Waals surface area contributed by atoms with E-state index < -0.39 is 0 Å². The van der Waals surface area contributed by atoms with Gasteiger partial charge in [0.1, 0.15) is 18.4 Å². The SMILES string of the molecule is CCCCCCCCCCCCCCCCCCCC(n1cc[n+](CCCCCCCC)c1)C(C)(Cc1ccccc1)c1ccccc1. The zero-order valence-electron chi connectivity index (χ0n) is 31.9. The molecule has 0 aliphatic heterocycles. The maximum atomic E-state index is 2.58. The molecule has 2 nitrogen and oxygen atoms in total. The van der Waals surface area contributed by atoms with Gasteiger partial charge < -0.3 is 0 Å². The van der Waals surface area contributed by atoms with Crippen LogP contribution in [0.2, 0.25) is 0 Å². The van der Waals surface area contributed by atoms with Gasteiger partial charge in [0.05, 0.1) is 6.54 Å². The van der Waals surface area contributed by atoms with Crippen molar-refractivity contribution < 1.29 is 4.57 Å². The molecule has 2 atom stereocenters. The molecule has 0 N–H and O–H groups in total. The Balaban J connectivity index is 1.49. The number of hydrogen-bond donors (Lipinski definition) is 0. The van der Waals surface area contributed by atoms with Gasteiger partial charge in [-0.25, -0.2) is 9.13 Å². The molecule has 2 aromatic carbocycles. The Morgan fingerprint density at radius 2 is 0.979 bits per heavy atom. The van der Waals surface area contributed by atoms with E-state index in [0.29, 0.717) is 6.04 Å². The average molecular weight is 656 g/mol. The molecule has 2 unspecified atom stereocenters. The number of hydrogen-bond acceptors (Lipinski definition) is 0. The first-order valence-corrected chi connectivity index (χ1v) is 20.8. The molecular weight excluding hydrogens is 581 g/mol. The Bertz CT molecular complexity index is 1140. The smallest absolute Gasteiger partial charge is 0.237 e. The van der Waals surface area contributed by atoms with Crippen molar-refractivity contribution in [1.29, 1.82) is 0 Å². The van der Waals surface area contributed by atoms with Gasteiger partial charge in [-0.1, -0.05) is 210 Å². The number of imidazole rings is 1. The zero-order chi connectivity index (χ0) is 34.0. The second-order valence-electron chi connectivity index (χ2n) is 15.3. The lowest BCUT2D eigenvalue weighted by Gasteiger charge is -2.37. The van der Waals surface area contributed by atoms with Crippen LogP contribution in [0.15, 0.2) is 79.4 Å². The van der Waals surface area contributed by atoms with Crippen LogP contribution < -0.4 is 4.57 Å². The Morgan fingerprint density at radius 3 is 1.48 bits per heavy atom. The molecule has 0 fully saturated rings. The van der Waals surface area contributed by atoms with E-state index in [0.717, 1.165) is 13.0 Å². The van der Waals surface area contributed by atoms with Gasteiger partial charge >= 0.3 is 0 Å². The summed E-state index contributed by atoms with van der Waals surface area (Å²) in [5.74, 6) is 0. The zero-order valence-corrected chi connectivity index (χ0v) is 31.9. The summed E-state index contributed by atoms with van der Waals surface area (Å²) in [6.07, 6.45) is 41.7. The highest BCUT2D eigenvalue weighted by Crippen LogP contribution is 2.41. The number of aryl methyl sites for hydroxylation is 1. The third-order valence-corrected chi connectivity index (χ3v) is 11.0. The van der Waals surface area contributed by atoms with Crippen LogP contribution in [-0.2, 0) is 18.4 Å². The highest BCUT2D eigenvalue weighted by molar-refractivity contribution is 5.30. The summed E-state index contributed by atoms with van der Waals surface area (Å²) in [6, 6.07) is 23.0. The Hall–Kier alpha value is -2.35. The maximum Gasteiger partial charge on any atom is 0.244 e. The van der Waals surface area contributed by atoms with Crippen LogP contribution in [0.25, 0.3) is 0 Å². The van der Waals surface area contributed by atoms with Crippen LogP contribution in [-0.4, -0.2) is 4.57 Å². The molecule has 3 aromatic rings. The first-order valence-electron chi connectivity index (χ1n) is 20.8. The molecular formula is C46H75N2+. The fourth-order valence-electron chi connectivity index (χ4n) is 7.91. The molecule has 1 aromatic heterocycles. The number of benzene rings is 2. The number of rotatable bonds is 30. The molecule has 0 bridgehead atoms. The van der Waals surface area contributed by atoms with E-state index >= 15 is 0 Å². The standard InChI is InChI=1S/C46H75N2/c1-4-6-8-10-12-13-14-15-16-17-18-19-20-21-22-23-31-37-45(48-40-39-47(42-48)38-32-24-11-9-7-5-2)46(3,44-35-29-26-30-36-44)41-43-33-27-25-28-34-43/h25-30,33-36,39-40,42,45H,4-24,31-32,37-38,41H2,1-3H3/q+1. The first-order chi connectivity index (χ1) is 23.7. The highest BCUT2D eigenvalue weighted by Gasteiger charge is 2.40. The fourth-order valence-corrected chi connectivity index (χ4v) is 7.91. The third-order valence-electron chi connectivity index (χ3n) is 11.0. The molecule has 0 amide bonds. The Labute approximate surface area is 298 Å². The van der Waals surface area contributed by atoms with Gasteiger partial charge in [0, 0.05) is 5.41 Å².